The molecule has 0 saturated carbocycles. The Labute approximate surface area is 373 Å². The molecule has 0 rings (SSSR count). The lowest BCUT2D eigenvalue weighted by molar-refractivity contribution is -0.167. The molecule has 354 valence electrons. The van der Waals surface area contributed by atoms with Crippen LogP contribution in [-0.2, 0) is 28.6 Å². The van der Waals surface area contributed by atoms with Crippen molar-refractivity contribution in [1.29, 1.82) is 0 Å². The van der Waals surface area contributed by atoms with Gasteiger partial charge in [-0.2, -0.15) is 0 Å². The number of hydrogen-bond donors (Lipinski definition) is 0. The molecule has 0 bridgehead atoms. The highest BCUT2D eigenvalue weighted by molar-refractivity contribution is 5.71. The molecule has 0 spiro atoms. The van der Waals surface area contributed by atoms with Crippen LogP contribution in [0, 0.1) is 0 Å². The summed E-state index contributed by atoms with van der Waals surface area (Å²) < 4.78 is 16.8. The predicted molar refractivity (Wildman–Crippen MR) is 256 cm³/mol. The Morgan fingerprint density at radius 3 is 0.850 bits per heavy atom. The van der Waals surface area contributed by atoms with Crippen LogP contribution in [-0.4, -0.2) is 37.2 Å². The molecule has 0 aliphatic rings. The van der Waals surface area contributed by atoms with E-state index >= 15 is 0 Å². The van der Waals surface area contributed by atoms with Crippen molar-refractivity contribution in [2.45, 2.75) is 303 Å². The number of carbonyl (C=O) groups excluding carboxylic acids is 3. The summed E-state index contributed by atoms with van der Waals surface area (Å²) in [6.07, 6.45) is 54.7. The number of ether oxygens (including phenoxy) is 3. The molecular formula is C54H102O6. The van der Waals surface area contributed by atoms with Crippen molar-refractivity contribution in [1.82, 2.24) is 0 Å². The molecule has 0 aromatic rings. The number of rotatable bonds is 49. The van der Waals surface area contributed by atoms with Crippen molar-refractivity contribution in [2.24, 2.45) is 0 Å². The van der Waals surface area contributed by atoms with E-state index in [0.29, 0.717) is 19.3 Å². The van der Waals surface area contributed by atoms with Gasteiger partial charge in [-0.25, -0.2) is 0 Å². The maximum atomic E-state index is 12.8. The molecule has 0 aliphatic heterocycles. The minimum Gasteiger partial charge on any atom is -0.462 e. The zero-order valence-electron chi connectivity index (χ0n) is 40.5. The first-order valence-electron chi connectivity index (χ1n) is 26.7. The molecule has 0 heterocycles. The highest BCUT2D eigenvalue weighted by Gasteiger charge is 2.19. The van der Waals surface area contributed by atoms with Gasteiger partial charge in [-0.1, -0.05) is 245 Å². The van der Waals surface area contributed by atoms with Crippen LogP contribution in [0.3, 0.4) is 0 Å². The maximum Gasteiger partial charge on any atom is 0.306 e. The quantitative estimate of drug-likeness (QED) is 0.0263. The van der Waals surface area contributed by atoms with E-state index in [-0.39, 0.29) is 31.1 Å². The van der Waals surface area contributed by atoms with Crippen LogP contribution in [0.15, 0.2) is 12.2 Å². The summed E-state index contributed by atoms with van der Waals surface area (Å²) in [5, 5.41) is 0. The third kappa shape index (κ3) is 47.2. The standard InChI is InChI=1S/C54H102O6/c1-4-7-10-13-16-19-22-25-27-30-32-35-38-41-44-47-53(56)59-50-51(49-58-52(55)46-43-40-37-34-31-28-24-21-18-15-12-9-6-3)60-54(57)48-45-42-39-36-33-29-26-23-20-17-14-11-8-5-2/h19,22,51H,4-18,20-21,23-50H2,1-3H3/b22-19+/t51-/m1/s1. The van der Waals surface area contributed by atoms with Crippen LogP contribution in [0.1, 0.15) is 297 Å². The number of esters is 3. The van der Waals surface area contributed by atoms with Gasteiger partial charge in [-0.05, 0) is 44.9 Å². The van der Waals surface area contributed by atoms with Gasteiger partial charge in [-0.15, -0.1) is 0 Å². The first-order valence-corrected chi connectivity index (χ1v) is 26.7. The Morgan fingerprint density at radius 1 is 0.317 bits per heavy atom. The van der Waals surface area contributed by atoms with E-state index < -0.39 is 6.10 Å². The number of allylic oxidation sites excluding steroid dienone is 2. The molecule has 0 radical (unpaired) electrons. The summed E-state index contributed by atoms with van der Waals surface area (Å²) in [7, 11) is 0. The fourth-order valence-corrected chi connectivity index (χ4v) is 7.97. The molecule has 0 unspecified atom stereocenters. The highest BCUT2D eigenvalue weighted by atomic mass is 16.6. The SMILES string of the molecule is CCCCCC/C=C/CCCCCCCCCC(=O)OC[C@@H](COC(=O)CCCCCCCCCCCCCCC)OC(=O)CCCCCCCCCCCCCCCC. The Morgan fingerprint density at radius 2 is 0.550 bits per heavy atom. The van der Waals surface area contributed by atoms with Gasteiger partial charge in [0.25, 0.3) is 0 Å². The van der Waals surface area contributed by atoms with Crippen molar-refractivity contribution >= 4 is 17.9 Å². The molecule has 0 aromatic carbocycles. The zero-order chi connectivity index (χ0) is 43.7. The first kappa shape index (κ1) is 58.1. The summed E-state index contributed by atoms with van der Waals surface area (Å²) in [5.74, 6) is -0.851. The van der Waals surface area contributed by atoms with Gasteiger partial charge in [0.2, 0.25) is 0 Å². The van der Waals surface area contributed by atoms with Gasteiger partial charge >= 0.3 is 17.9 Å². The third-order valence-corrected chi connectivity index (χ3v) is 12.0. The van der Waals surface area contributed by atoms with E-state index in [2.05, 4.69) is 32.9 Å². The lowest BCUT2D eigenvalue weighted by Gasteiger charge is -2.18. The monoisotopic (exact) mass is 847 g/mol. The van der Waals surface area contributed by atoms with Gasteiger partial charge in [0.1, 0.15) is 13.2 Å². The molecule has 1 atom stereocenters. The van der Waals surface area contributed by atoms with Crippen molar-refractivity contribution in [3.8, 4) is 0 Å². The topological polar surface area (TPSA) is 78.9 Å². The van der Waals surface area contributed by atoms with Gasteiger partial charge < -0.3 is 14.2 Å². The van der Waals surface area contributed by atoms with Crippen molar-refractivity contribution in [3.63, 3.8) is 0 Å². The van der Waals surface area contributed by atoms with Crippen LogP contribution in [0.4, 0.5) is 0 Å². The predicted octanol–water partition coefficient (Wildman–Crippen LogP) is 17.4. The minimum atomic E-state index is -0.764. The number of hydrogen-bond acceptors (Lipinski definition) is 6. The van der Waals surface area contributed by atoms with Crippen molar-refractivity contribution in [3.05, 3.63) is 12.2 Å². The second kappa shape index (κ2) is 49.8. The molecule has 0 fully saturated rings. The van der Waals surface area contributed by atoms with E-state index in [1.54, 1.807) is 0 Å². The summed E-state index contributed by atoms with van der Waals surface area (Å²) in [6.45, 7) is 6.66. The normalized spacial score (nSPS) is 12.0. The molecule has 6 heteroatoms. The van der Waals surface area contributed by atoms with E-state index in [4.69, 9.17) is 14.2 Å². The zero-order valence-corrected chi connectivity index (χ0v) is 40.5. The van der Waals surface area contributed by atoms with Gasteiger partial charge in [0.05, 0.1) is 0 Å². The van der Waals surface area contributed by atoms with Crippen LogP contribution in [0.5, 0.6) is 0 Å². The maximum absolute atomic E-state index is 12.8. The summed E-state index contributed by atoms with van der Waals surface area (Å²) in [4.78, 5) is 38.0. The van der Waals surface area contributed by atoms with Crippen molar-refractivity contribution in [2.75, 3.05) is 13.2 Å². The van der Waals surface area contributed by atoms with E-state index in [1.165, 1.54) is 199 Å². The van der Waals surface area contributed by atoms with Gasteiger partial charge in [0, 0.05) is 19.3 Å². The molecule has 6 nitrogen and oxygen atoms in total. The van der Waals surface area contributed by atoms with Crippen LogP contribution >= 0.6 is 0 Å². The molecule has 60 heavy (non-hydrogen) atoms. The van der Waals surface area contributed by atoms with E-state index in [1.807, 2.05) is 0 Å². The lowest BCUT2D eigenvalue weighted by Crippen LogP contribution is -2.30. The average Bonchev–Trinajstić information content (AvgIpc) is 3.24. The molecular weight excluding hydrogens is 745 g/mol. The average molecular weight is 847 g/mol. The summed E-state index contributed by atoms with van der Waals surface area (Å²) in [6, 6.07) is 0. The molecule has 0 saturated heterocycles. The Hall–Kier alpha value is -1.85. The van der Waals surface area contributed by atoms with Gasteiger partial charge in [-0.3, -0.25) is 14.4 Å². The largest absolute Gasteiger partial charge is 0.462 e. The van der Waals surface area contributed by atoms with Crippen molar-refractivity contribution < 1.29 is 28.6 Å². The fourth-order valence-electron chi connectivity index (χ4n) is 7.97. The Kier molecular flexibility index (Phi) is 48.3. The number of unbranched alkanes of at least 4 members (excludes halogenated alkanes) is 36. The summed E-state index contributed by atoms with van der Waals surface area (Å²) in [5.41, 5.74) is 0. The molecule has 0 N–H and O–H groups in total. The molecule has 0 aliphatic carbocycles. The highest BCUT2D eigenvalue weighted by Crippen LogP contribution is 2.16. The lowest BCUT2D eigenvalue weighted by atomic mass is 10.0. The number of carbonyl (C=O) groups is 3. The smallest absolute Gasteiger partial charge is 0.306 e. The second-order valence-corrected chi connectivity index (χ2v) is 18.2. The van der Waals surface area contributed by atoms with E-state index in [0.717, 1.165) is 57.8 Å². The Bertz CT molecular complexity index is 931. The molecule has 0 aromatic heterocycles. The van der Waals surface area contributed by atoms with E-state index in [9.17, 15) is 14.4 Å². The second-order valence-electron chi connectivity index (χ2n) is 18.2. The van der Waals surface area contributed by atoms with Gasteiger partial charge in [0.15, 0.2) is 6.10 Å². The molecule has 0 amide bonds. The van der Waals surface area contributed by atoms with Crippen LogP contribution < -0.4 is 0 Å². The third-order valence-electron chi connectivity index (χ3n) is 12.0. The van der Waals surface area contributed by atoms with Crippen LogP contribution in [0.2, 0.25) is 0 Å². The van der Waals surface area contributed by atoms with Crippen LogP contribution in [0.25, 0.3) is 0 Å². The first-order chi connectivity index (χ1) is 29.5. The summed E-state index contributed by atoms with van der Waals surface area (Å²) >= 11 is 0. The Balaban J connectivity index is 4.33. The fraction of sp³-hybridized carbons (Fsp3) is 0.907. The minimum absolute atomic E-state index is 0.0657.